The average Bonchev–Trinajstić information content (AvgIpc) is 2.98. The highest BCUT2D eigenvalue weighted by Gasteiger charge is 2.18. The number of hydrogen-bond acceptors (Lipinski definition) is 3. The van der Waals surface area contributed by atoms with Gasteiger partial charge in [0.2, 0.25) is 0 Å². The van der Waals surface area contributed by atoms with Gasteiger partial charge in [0.15, 0.2) is 0 Å². The first-order valence-electron chi connectivity index (χ1n) is 10.0. The van der Waals surface area contributed by atoms with Gasteiger partial charge >= 0.3 is 0 Å². The first-order chi connectivity index (χ1) is 13.5. The zero-order valence-corrected chi connectivity index (χ0v) is 16.6. The Labute approximate surface area is 166 Å². The molecule has 2 aromatic rings. The van der Waals surface area contributed by atoms with Gasteiger partial charge in [-0.1, -0.05) is 18.9 Å². The van der Waals surface area contributed by atoms with E-state index in [2.05, 4.69) is 5.32 Å². The fraction of sp³-hybridized carbons (Fsp3) is 0.391. The third-order valence-corrected chi connectivity index (χ3v) is 4.75. The van der Waals surface area contributed by atoms with Crippen molar-refractivity contribution in [1.82, 2.24) is 4.90 Å². The van der Waals surface area contributed by atoms with Crippen molar-refractivity contribution in [1.29, 1.82) is 0 Å². The van der Waals surface area contributed by atoms with Crippen LogP contribution in [0.15, 0.2) is 48.5 Å². The van der Waals surface area contributed by atoms with Crippen molar-refractivity contribution < 1.29 is 14.3 Å². The highest BCUT2D eigenvalue weighted by molar-refractivity contribution is 6.06. The minimum absolute atomic E-state index is 0.00624. The van der Waals surface area contributed by atoms with Crippen molar-refractivity contribution in [3.63, 3.8) is 0 Å². The van der Waals surface area contributed by atoms with Crippen LogP contribution in [0.4, 0.5) is 5.69 Å². The van der Waals surface area contributed by atoms with E-state index in [1.54, 1.807) is 24.3 Å². The van der Waals surface area contributed by atoms with Crippen LogP contribution in [0.3, 0.4) is 0 Å². The molecule has 1 N–H and O–H groups in total. The molecule has 0 aliphatic carbocycles. The van der Waals surface area contributed by atoms with Gasteiger partial charge in [-0.25, -0.2) is 0 Å². The number of hydrogen-bond donors (Lipinski definition) is 1. The molecule has 28 heavy (non-hydrogen) atoms. The second kappa shape index (κ2) is 9.40. The molecule has 2 amide bonds. The van der Waals surface area contributed by atoms with E-state index in [4.69, 9.17) is 4.74 Å². The summed E-state index contributed by atoms with van der Waals surface area (Å²) in [6.07, 6.45) is 4.54. The number of benzene rings is 2. The molecule has 0 aromatic heterocycles. The van der Waals surface area contributed by atoms with E-state index in [0.29, 0.717) is 16.8 Å². The molecule has 0 radical (unpaired) electrons. The summed E-state index contributed by atoms with van der Waals surface area (Å²) in [5.41, 5.74) is 1.73. The van der Waals surface area contributed by atoms with Crippen LogP contribution in [0.1, 0.15) is 60.2 Å². The summed E-state index contributed by atoms with van der Waals surface area (Å²) in [6, 6.07) is 14.2. The lowest BCUT2D eigenvalue weighted by molar-refractivity contribution is 0.0761. The number of ether oxygens (including phenoxy) is 1. The third kappa shape index (κ3) is 5.35. The van der Waals surface area contributed by atoms with Gasteiger partial charge in [0.05, 0.1) is 6.10 Å². The quantitative estimate of drug-likeness (QED) is 0.815. The van der Waals surface area contributed by atoms with E-state index in [1.165, 1.54) is 12.8 Å². The van der Waals surface area contributed by atoms with E-state index in [0.717, 1.165) is 31.7 Å². The molecular weight excluding hydrogens is 352 g/mol. The van der Waals surface area contributed by atoms with Crippen LogP contribution in [-0.4, -0.2) is 35.9 Å². The molecule has 0 bridgehead atoms. The van der Waals surface area contributed by atoms with Gasteiger partial charge in [-0.2, -0.15) is 0 Å². The van der Waals surface area contributed by atoms with E-state index < -0.39 is 0 Å². The second-order valence-electron chi connectivity index (χ2n) is 7.43. The van der Waals surface area contributed by atoms with Crippen molar-refractivity contribution in [2.45, 2.75) is 45.6 Å². The minimum Gasteiger partial charge on any atom is -0.491 e. The molecule has 1 aliphatic heterocycles. The Hall–Kier alpha value is -2.82. The number of nitrogens with one attached hydrogen (secondary N) is 1. The Morgan fingerprint density at radius 3 is 2.21 bits per heavy atom. The first kappa shape index (κ1) is 19.9. The summed E-state index contributed by atoms with van der Waals surface area (Å²) in [6.45, 7) is 5.52. The van der Waals surface area contributed by atoms with Crippen LogP contribution in [0.2, 0.25) is 0 Å². The van der Waals surface area contributed by atoms with Crippen molar-refractivity contribution >= 4 is 17.5 Å². The highest BCUT2D eigenvalue weighted by atomic mass is 16.5. The topological polar surface area (TPSA) is 58.6 Å². The summed E-state index contributed by atoms with van der Waals surface area (Å²) >= 11 is 0. The number of anilines is 1. The van der Waals surface area contributed by atoms with Crippen molar-refractivity contribution in [2.75, 3.05) is 18.4 Å². The van der Waals surface area contributed by atoms with Gasteiger partial charge in [-0.15, -0.1) is 0 Å². The van der Waals surface area contributed by atoms with Crippen LogP contribution in [-0.2, 0) is 0 Å². The zero-order valence-electron chi connectivity index (χ0n) is 16.6. The van der Waals surface area contributed by atoms with E-state index in [-0.39, 0.29) is 17.9 Å². The average molecular weight is 380 g/mol. The lowest BCUT2D eigenvalue weighted by Crippen LogP contribution is -2.32. The molecule has 1 fully saturated rings. The molecule has 1 saturated heterocycles. The maximum absolute atomic E-state index is 12.8. The van der Waals surface area contributed by atoms with Gasteiger partial charge in [0.25, 0.3) is 11.8 Å². The standard InChI is InChI=1S/C23H28N2O3/c1-17(2)28-21-12-10-20(11-13-21)24-22(26)18-8-7-9-19(16-18)23(27)25-14-5-3-4-6-15-25/h7-13,16-17H,3-6,14-15H2,1-2H3,(H,24,26). The largest absolute Gasteiger partial charge is 0.491 e. The van der Waals surface area contributed by atoms with Crippen LogP contribution in [0, 0.1) is 0 Å². The van der Waals surface area contributed by atoms with E-state index >= 15 is 0 Å². The molecule has 148 valence electrons. The third-order valence-electron chi connectivity index (χ3n) is 4.75. The highest BCUT2D eigenvalue weighted by Crippen LogP contribution is 2.19. The zero-order chi connectivity index (χ0) is 19.9. The number of carbonyl (C=O) groups excluding carboxylic acids is 2. The minimum atomic E-state index is -0.233. The van der Waals surface area contributed by atoms with Crippen LogP contribution >= 0.6 is 0 Å². The summed E-state index contributed by atoms with van der Waals surface area (Å²) in [5.74, 6) is 0.535. The monoisotopic (exact) mass is 380 g/mol. The molecule has 0 atom stereocenters. The summed E-state index contributed by atoms with van der Waals surface area (Å²) in [4.78, 5) is 27.3. The maximum Gasteiger partial charge on any atom is 0.255 e. The molecule has 0 unspecified atom stereocenters. The fourth-order valence-electron chi connectivity index (χ4n) is 3.34. The van der Waals surface area contributed by atoms with Crippen molar-refractivity contribution in [2.24, 2.45) is 0 Å². The molecule has 5 heteroatoms. The summed E-state index contributed by atoms with van der Waals surface area (Å²) in [5, 5.41) is 2.88. The van der Waals surface area contributed by atoms with Crippen molar-refractivity contribution in [3.8, 4) is 5.75 Å². The Kier molecular flexibility index (Phi) is 6.69. The van der Waals surface area contributed by atoms with Crippen LogP contribution < -0.4 is 10.1 Å². The predicted octanol–water partition coefficient (Wildman–Crippen LogP) is 4.74. The Balaban J connectivity index is 1.67. The Morgan fingerprint density at radius 2 is 1.57 bits per heavy atom. The van der Waals surface area contributed by atoms with Crippen LogP contribution in [0.5, 0.6) is 5.75 Å². The number of nitrogens with zero attached hydrogens (tertiary/aromatic N) is 1. The van der Waals surface area contributed by atoms with Gasteiger partial charge in [0, 0.05) is 29.9 Å². The van der Waals surface area contributed by atoms with Gasteiger partial charge in [-0.05, 0) is 69.2 Å². The number of likely N-dealkylation sites (tertiary alicyclic amines) is 1. The van der Waals surface area contributed by atoms with Gasteiger partial charge < -0.3 is 15.0 Å². The Morgan fingerprint density at radius 1 is 0.929 bits per heavy atom. The number of rotatable bonds is 5. The Bertz CT molecular complexity index is 807. The number of carbonyl (C=O) groups is 2. The first-order valence-corrected chi connectivity index (χ1v) is 10.0. The summed E-state index contributed by atoms with van der Waals surface area (Å²) in [7, 11) is 0. The molecular formula is C23H28N2O3. The lowest BCUT2D eigenvalue weighted by Gasteiger charge is -2.20. The molecule has 1 heterocycles. The predicted molar refractivity (Wildman–Crippen MR) is 111 cm³/mol. The molecule has 2 aromatic carbocycles. The van der Waals surface area contributed by atoms with E-state index in [1.807, 2.05) is 43.0 Å². The van der Waals surface area contributed by atoms with Gasteiger partial charge in [-0.3, -0.25) is 9.59 Å². The van der Waals surface area contributed by atoms with Crippen molar-refractivity contribution in [3.05, 3.63) is 59.7 Å². The molecule has 0 saturated carbocycles. The lowest BCUT2D eigenvalue weighted by atomic mass is 10.1. The SMILES string of the molecule is CC(C)Oc1ccc(NC(=O)c2cccc(C(=O)N3CCCCCC3)c2)cc1. The molecule has 0 spiro atoms. The number of amides is 2. The second-order valence-corrected chi connectivity index (χ2v) is 7.43. The fourth-order valence-corrected chi connectivity index (χ4v) is 3.34. The molecule has 1 aliphatic rings. The maximum atomic E-state index is 12.8. The van der Waals surface area contributed by atoms with E-state index in [9.17, 15) is 9.59 Å². The normalized spacial score (nSPS) is 14.5. The van der Waals surface area contributed by atoms with Gasteiger partial charge in [0.1, 0.15) is 5.75 Å². The van der Waals surface area contributed by atoms with Crippen LogP contribution in [0.25, 0.3) is 0 Å². The molecule has 3 rings (SSSR count). The molecule has 5 nitrogen and oxygen atoms in total. The summed E-state index contributed by atoms with van der Waals surface area (Å²) < 4.78 is 5.61. The smallest absolute Gasteiger partial charge is 0.255 e.